The molecule has 0 spiro atoms. The first-order chi connectivity index (χ1) is 4.61. The van der Waals surface area contributed by atoms with Crippen molar-refractivity contribution in [2.45, 2.75) is 6.92 Å². The summed E-state index contributed by atoms with van der Waals surface area (Å²) in [6.07, 6.45) is 0. The third kappa shape index (κ3) is 1.33. The van der Waals surface area contributed by atoms with Crippen LogP contribution < -0.4 is 5.73 Å². The van der Waals surface area contributed by atoms with Gasteiger partial charge in [-0.3, -0.25) is 0 Å². The Labute approximate surface area is 69.0 Å². The van der Waals surface area contributed by atoms with Crippen molar-refractivity contribution in [2.75, 3.05) is 5.73 Å². The molecule has 0 saturated carbocycles. The minimum absolute atomic E-state index is 0.254. The van der Waals surface area contributed by atoms with Crippen LogP contribution >= 0.6 is 23.2 Å². The van der Waals surface area contributed by atoms with E-state index in [1.807, 2.05) is 6.92 Å². The summed E-state index contributed by atoms with van der Waals surface area (Å²) >= 11 is 11.2. The fourth-order valence-corrected chi connectivity index (χ4v) is 0.922. The molecular weight excluding hydrogens is 171 g/mol. The largest absolute Gasteiger partial charge is 0.383 e. The first-order valence-corrected chi connectivity index (χ1v) is 3.45. The Balaban J connectivity index is 3.28. The van der Waals surface area contributed by atoms with E-state index in [-0.39, 0.29) is 5.15 Å². The van der Waals surface area contributed by atoms with Crippen LogP contribution in [-0.2, 0) is 0 Å². The lowest BCUT2D eigenvalue weighted by Gasteiger charge is -1.99. The SMILES string of the molecule is Cc1cc(Cl)c(Cl)nc1N. The van der Waals surface area contributed by atoms with Crippen molar-refractivity contribution in [1.82, 2.24) is 4.98 Å². The summed E-state index contributed by atoms with van der Waals surface area (Å²) in [5, 5.41) is 0.693. The number of rotatable bonds is 0. The predicted molar refractivity (Wildman–Crippen MR) is 43.4 cm³/mol. The topological polar surface area (TPSA) is 38.9 Å². The van der Waals surface area contributed by atoms with E-state index in [1.165, 1.54) is 0 Å². The second-order valence-corrected chi connectivity index (χ2v) is 2.73. The molecule has 0 radical (unpaired) electrons. The lowest BCUT2D eigenvalue weighted by molar-refractivity contribution is 1.28. The third-order valence-electron chi connectivity index (χ3n) is 1.16. The molecule has 0 amide bonds. The van der Waals surface area contributed by atoms with Gasteiger partial charge in [0.1, 0.15) is 11.0 Å². The molecule has 0 aromatic carbocycles. The van der Waals surface area contributed by atoms with E-state index < -0.39 is 0 Å². The first kappa shape index (κ1) is 7.63. The number of hydrogen-bond acceptors (Lipinski definition) is 2. The second kappa shape index (κ2) is 2.64. The minimum atomic E-state index is 0.254. The molecule has 1 aromatic rings. The summed E-state index contributed by atoms with van der Waals surface area (Å²) in [6, 6.07) is 1.69. The number of anilines is 1. The van der Waals surface area contributed by atoms with Crippen molar-refractivity contribution in [3.63, 3.8) is 0 Å². The van der Waals surface area contributed by atoms with Gasteiger partial charge in [0.2, 0.25) is 0 Å². The molecule has 4 heteroatoms. The number of nitrogen functional groups attached to an aromatic ring is 1. The Kier molecular flexibility index (Phi) is 2.02. The van der Waals surface area contributed by atoms with Gasteiger partial charge in [-0.1, -0.05) is 23.2 Å². The van der Waals surface area contributed by atoms with E-state index in [9.17, 15) is 0 Å². The van der Waals surface area contributed by atoms with Gasteiger partial charge >= 0.3 is 0 Å². The lowest BCUT2D eigenvalue weighted by atomic mass is 10.3. The molecule has 0 aliphatic heterocycles. The van der Waals surface area contributed by atoms with Crippen molar-refractivity contribution in [1.29, 1.82) is 0 Å². The van der Waals surface area contributed by atoms with Crippen molar-refractivity contribution in [3.05, 3.63) is 21.8 Å². The van der Waals surface area contributed by atoms with Crippen LogP contribution in [0.3, 0.4) is 0 Å². The highest BCUT2D eigenvalue weighted by Crippen LogP contribution is 2.22. The normalized spacial score (nSPS) is 9.90. The number of aryl methyl sites for hydroxylation is 1. The molecule has 54 valence electrons. The molecule has 0 saturated heterocycles. The maximum Gasteiger partial charge on any atom is 0.150 e. The fraction of sp³-hybridized carbons (Fsp3) is 0.167. The predicted octanol–water partition coefficient (Wildman–Crippen LogP) is 2.28. The molecular formula is C6H6Cl2N2. The van der Waals surface area contributed by atoms with E-state index >= 15 is 0 Å². The van der Waals surface area contributed by atoms with Gasteiger partial charge in [0.15, 0.2) is 0 Å². The summed E-state index contributed by atoms with van der Waals surface area (Å²) < 4.78 is 0. The van der Waals surface area contributed by atoms with E-state index in [0.29, 0.717) is 10.8 Å². The van der Waals surface area contributed by atoms with E-state index in [1.54, 1.807) is 6.07 Å². The standard InChI is InChI=1S/C6H6Cl2N2/c1-3-2-4(7)5(8)10-6(3)9/h2H,1H3,(H2,9,10). The summed E-state index contributed by atoms with van der Waals surface area (Å²) in [5.41, 5.74) is 6.28. The zero-order valence-electron chi connectivity index (χ0n) is 5.36. The Morgan fingerprint density at radius 2 is 2.10 bits per heavy atom. The monoisotopic (exact) mass is 176 g/mol. The number of pyridine rings is 1. The van der Waals surface area contributed by atoms with Gasteiger partial charge in [-0.05, 0) is 18.6 Å². The molecule has 0 bridgehead atoms. The van der Waals surface area contributed by atoms with Crippen LogP contribution in [0.1, 0.15) is 5.56 Å². The molecule has 1 heterocycles. The molecule has 2 N–H and O–H groups in total. The van der Waals surface area contributed by atoms with Gasteiger partial charge in [-0.2, -0.15) is 0 Å². The van der Waals surface area contributed by atoms with Gasteiger partial charge in [-0.15, -0.1) is 0 Å². The Bertz CT molecular complexity index is 210. The molecule has 0 atom stereocenters. The van der Waals surface area contributed by atoms with Crippen LogP contribution in [0.5, 0.6) is 0 Å². The van der Waals surface area contributed by atoms with Gasteiger partial charge < -0.3 is 5.73 Å². The van der Waals surface area contributed by atoms with Crippen molar-refractivity contribution >= 4 is 29.0 Å². The fourth-order valence-electron chi connectivity index (χ4n) is 0.571. The highest BCUT2D eigenvalue weighted by atomic mass is 35.5. The smallest absolute Gasteiger partial charge is 0.150 e. The maximum atomic E-state index is 5.64. The van der Waals surface area contributed by atoms with Gasteiger partial charge in [0, 0.05) is 0 Å². The van der Waals surface area contributed by atoms with Gasteiger partial charge in [0.05, 0.1) is 5.02 Å². The van der Waals surface area contributed by atoms with Crippen LogP contribution in [0, 0.1) is 6.92 Å². The first-order valence-electron chi connectivity index (χ1n) is 2.69. The summed E-state index contributed by atoms with van der Waals surface area (Å²) in [6.45, 7) is 1.82. The summed E-state index contributed by atoms with van der Waals surface area (Å²) in [4.78, 5) is 3.78. The van der Waals surface area contributed by atoms with Crippen LogP contribution in [0.25, 0.3) is 0 Å². The Morgan fingerprint density at radius 1 is 1.50 bits per heavy atom. The second-order valence-electron chi connectivity index (χ2n) is 1.96. The van der Waals surface area contributed by atoms with Crippen LogP contribution in [0.4, 0.5) is 5.82 Å². The minimum Gasteiger partial charge on any atom is -0.383 e. The number of nitrogens with two attached hydrogens (primary N) is 1. The van der Waals surface area contributed by atoms with Gasteiger partial charge in [-0.25, -0.2) is 4.98 Å². The highest BCUT2D eigenvalue weighted by Gasteiger charge is 2.01. The van der Waals surface area contributed by atoms with E-state index in [2.05, 4.69) is 4.98 Å². The molecule has 0 aliphatic rings. The summed E-state index contributed by atoms with van der Waals surface area (Å²) in [7, 11) is 0. The highest BCUT2D eigenvalue weighted by molar-refractivity contribution is 6.41. The zero-order chi connectivity index (χ0) is 7.72. The maximum absolute atomic E-state index is 5.64. The number of hydrogen-bond donors (Lipinski definition) is 1. The molecule has 2 nitrogen and oxygen atoms in total. The van der Waals surface area contributed by atoms with Crippen LogP contribution in [-0.4, -0.2) is 4.98 Å². The zero-order valence-corrected chi connectivity index (χ0v) is 6.87. The molecule has 0 fully saturated rings. The van der Waals surface area contributed by atoms with E-state index in [0.717, 1.165) is 5.56 Å². The van der Waals surface area contributed by atoms with Crippen molar-refractivity contribution < 1.29 is 0 Å². The Hall–Kier alpha value is -0.470. The molecule has 0 unspecified atom stereocenters. The molecule has 1 aromatic heterocycles. The number of nitrogens with zero attached hydrogens (tertiary/aromatic N) is 1. The number of halogens is 2. The third-order valence-corrected chi connectivity index (χ3v) is 1.84. The van der Waals surface area contributed by atoms with Crippen LogP contribution in [0.2, 0.25) is 10.2 Å². The molecule has 1 rings (SSSR count). The Morgan fingerprint density at radius 3 is 2.60 bits per heavy atom. The van der Waals surface area contributed by atoms with E-state index in [4.69, 9.17) is 28.9 Å². The van der Waals surface area contributed by atoms with Crippen LogP contribution in [0.15, 0.2) is 6.07 Å². The van der Waals surface area contributed by atoms with Crippen molar-refractivity contribution in [3.8, 4) is 0 Å². The van der Waals surface area contributed by atoms with Crippen molar-refractivity contribution in [2.24, 2.45) is 0 Å². The summed E-state index contributed by atoms with van der Waals surface area (Å²) in [5.74, 6) is 0.425. The molecule has 0 aliphatic carbocycles. The lowest BCUT2D eigenvalue weighted by Crippen LogP contribution is -1.93. The average molecular weight is 177 g/mol. The van der Waals surface area contributed by atoms with Gasteiger partial charge in [0.25, 0.3) is 0 Å². The average Bonchev–Trinajstić information content (AvgIpc) is 1.84. The molecule has 10 heavy (non-hydrogen) atoms. The quantitative estimate of drug-likeness (QED) is 0.617. The number of aromatic nitrogens is 1.